The molecule has 3 unspecified atom stereocenters. The van der Waals surface area contributed by atoms with E-state index in [9.17, 15) is 0 Å². The third kappa shape index (κ3) is 1.94. The topological polar surface area (TPSA) is 31.2 Å². The van der Waals surface area contributed by atoms with Gasteiger partial charge in [-0.2, -0.15) is 0 Å². The van der Waals surface area contributed by atoms with Crippen molar-refractivity contribution in [3.63, 3.8) is 0 Å². The molecule has 0 amide bonds. The van der Waals surface area contributed by atoms with E-state index in [-0.39, 0.29) is 6.04 Å². The number of allylic oxidation sites excluding steroid dienone is 1. The Hall–Kier alpha value is -1.42. The largest absolute Gasteiger partial charge is 0.357 e. The maximum absolute atomic E-state index is 4.67. The molecule has 4 nitrogen and oxygen atoms in total. The van der Waals surface area contributed by atoms with Crippen molar-refractivity contribution in [3.8, 4) is 0 Å². The van der Waals surface area contributed by atoms with Crippen LogP contribution in [0.15, 0.2) is 34.4 Å². The smallest absolute Gasteiger partial charge is 0.114 e. The second kappa shape index (κ2) is 4.60. The average Bonchev–Trinajstić information content (AvgIpc) is 2.94. The molecule has 4 rings (SSSR count). The maximum atomic E-state index is 4.67. The van der Waals surface area contributed by atoms with Gasteiger partial charge in [0.1, 0.15) is 5.84 Å². The molecule has 4 heteroatoms. The van der Waals surface area contributed by atoms with E-state index in [0.717, 1.165) is 19.1 Å². The quantitative estimate of drug-likeness (QED) is 0.654. The van der Waals surface area contributed by atoms with Crippen LogP contribution >= 0.6 is 0 Å². The third-order valence-electron chi connectivity index (χ3n) is 4.73. The van der Waals surface area contributed by atoms with Crippen molar-refractivity contribution in [2.24, 2.45) is 15.9 Å². The van der Waals surface area contributed by atoms with E-state index < -0.39 is 0 Å². The molecule has 100 valence electrons. The molecular weight excluding hydrogens is 236 g/mol. The summed E-state index contributed by atoms with van der Waals surface area (Å²) in [5.41, 5.74) is 0. The number of piperazine rings is 1. The first-order chi connectivity index (χ1) is 9.42. The van der Waals surface area contributed by atoms with Gasteiger partial charge in [0.05, 0.1) is 12.0 Å². The van der Waals surface area contributed by atoms with Crippen molar-refractivity contribution >= 4 is 12.1 Å². The van der Waals surface area contributed by atoms with E-state index in [2.05, 4.69) is 38.0 Å². The molecule has 2 fully saturated rings. The summed E-state index contributed by atoms with van der Waals surface area (Å²) in [6.45, 7) is 4.75. The lowest BCUT2D eigenvalue weighted by Gasteiger charge is -2.42. The number of hydrogen-bond donors (Lipinski definition) is 0. The Kier molecular flexibility index (Phi) is 2.76. The lowest BCUT2D eigenvalue weighted by Crippen LogP contribution is -2.54. The summed E-state index contributed by atoms with van der Waals surface area (Å²) in [6, 6.07) is 1.01. The minimum Gasteiger partial charge on any atom is -0.357 e. The van der Waals surface area contributed by atoms with Crippen molar-refractivity contribution in [1.82, 2.24) is 9.80 Å². The summed E-state index contributed by atoms with van der Waals surface area (Å²) < 4.78 is 0. The average molecular weight is 256 g/mol. The van der Waals surface area contributed by atoms with E-state index in [1.54, 1.807) is 0 Å². The molecule has 4 aliphatic heterocycles. The van der Waals surface area contributed by atoms with Crippen LogP contribution in [0.4, 0.5) is 0 Å². The van der Waals surface area contributed by atoms with Gasteiger partial charge < -0.3 is 4.90 Å². The first kappa shape index (κ1) is 11.4. The van der Waals surface area contributed by atoms with Crippen molar-refractivity contribution in [2.75, 3.05) is 26.2 Å². The fourth-order valence-electron chi connectivity index (χ4n) is 3.72. The van der Waals surface area contributed by atoms with Gasteiger partial charge in [-0.3, -0.25) is 9.89 Å². The third-order valence-corrected chi connectivity index (χ3v) is 4.73. The Balaban J connectivity index is 1.55. The first-order valence-electron chi connectivity index (χ1n) is 7.35. The lowest BCUT2D eigenvalue weighted by molar-refractivity contribution is 0.148. The normalized spacial score (nSPS) is 37.2. The summed E-state index contributed by atoms with van der Waals surface area (Å²) >= 11 is 0. The molecule has 0 aromatic heterocycles. The molecule has 19 heavy (non-hydrogen) atoms. The van der Waals surface area contributed by atoms with Crippen molar-refractivity contribution in [1.29, 1.82) is 0 Å². The van der Waals surface area contributed by atoms with Crippen molar-refractivity contribution in [3.05, 3.63) is 24.4 Å². The molecule has 0 aromatic rings. The van der Waals surface area contributed by atoms with Crippen LogP contribution in [0.25, 0.3) is 0 Å². The van der Waals surface area contributed by atoms with Gasteiger partial charge in [-0.15, -0.1) is 0 Å². The zero-order chi connectivity index (χ0) is 12.7. The van der Waals surface area contributed by atoms with Gasteiger partial charge >= 0.3 is 0 Å². The highest BCUT2D eigenvalue weighted by molar-refractivity contribution is 5.91. The number of fused-ring (bicyclic) bond motifs is 2. The number of hydrogen-bond acceptors (Lipinski definition) is 4. The van der Waals surface area contributed by atoms with E-state index >= 15 is 0 Å². The molecule has 0 bridgehead atoms. The van der Waals surface area contributed by atoms with Crippen LogP contribution in [-0.2, 0) is 0 Å². The van der Waals surface area contributed by atoms with Crippen LogP contribution < -0.4 is 0 Å². The van der Waals surface area contributed by atoms with Gasteiger partial charge in [0.25, 0.3) is 0 Å². The van der Waals surface area contributed by atoms with Crippen LogP contribution in [0.5, 0.6) is 0 Å². The van der Waals surface area contributed by atoms with Gasteiger partial charge in [-0.25, -0.2) is 4.99 Å². The van der Waals surface area contributed by atoms with Gasteiger partial charge in [-0.05, 0) is 31.5 Å². The second-order valence-electron chi connectivity index (χ2n) is 5.81. The highest BCUT2D eigenvalue weighted by Gasteiger charge is 2.35. The SMILES string of the molecule is C1=CC2C(N3CCN4CCCC4C3)=NC=CC2N=C1. The molecule has 0 aliphatic carbocycles. The number of rotatable bonds is 0. The van der Waals surface area contributed by atoms with Crippen LogP contribution in [-0.4, -0.2) is 60.1 Å². The van der Waals surface area contributed by atoms with Gasteiger partial charge in [0.15, 0.2) is 0 Å². The number of amidine groups is 1. The summed E-state index contributed by atoms with van der Waals surface area (Å²) in [5, 5.41) is 0. The molecule has 3 atom stereocenters. The van der Waals surface area contributed by atoms with Crippen molar-refractivity contribution < 1.29 is 0 Å². The van der Waals surface area contributed by atoms with Crippen LogP contribution in [0, 0.1) is 5.92 Å². The fourth-order valence-corrected chi connectivity index (χ4v) is 3.72. The zero-order valence-electron chi connectivity index (χ0n) is 11.2. The molecule has 0 saturated carbocycles. The summed E-state index contributed by atoms with van der Waals surface area (Å²) in [6.07, 6.45) is 13.0. The standard InChI is InChI=1S/C15H20N4/c1-4-13-14(16-6-1)5-7-17-15(13)19-10-9-18-8-2-3-12(18)11-19/h1,4-7,12-14H,2-3,8-11H2. The minimum atomic E-state index is 0.263. The van der Waals surface area contributed by atoms with Gasteiger partial charge in [0.2, 0.25) is 0 Å². The van der Waals surface area contributed by atoms with Gasteiger partial charge in [-0.1, -0.05) is 6.08 Å². The molecule has 4 heterocycles. The second-order valence-corrected chi connectivity index (χ2v) is 5.81. The van der Waals surface area contributed by atoms with Gasteiger partial charge in [0, 0.05) is 38.1 Å². The van der Waals surface area contributed by atoms with Crippen LogP contribution in [0.2, 0.25) is 0 Å². The predicted octanol–water partition coefficient (Wildman–Crippen LogP) is 1.32. The highest BCUT2D eigenvalue weighted by atomic mass is 15.3. The summed E-state index contributed by atoms with van der Waals surface area (Å²) in [7, 11) is 0. The van der Waals surface area contributed by atoms with E-state index in [1.165, 1.54) is 31.8 Å². The Labute approximate surface area is 114 Å². The number of nitrogens with zero attached hydrogens (tertiary/aromatic N) is 4. The molecule has 0 spiro atoms. The molecule has 0 N–H and O–H groups in total. The summed E-state index contributed by atoms with van der Waals surface area (Å²) in [4.78, 5) is 14.4. The fraction of sp³-hybridized carbons (Fsp3) is 0.600. The Morgan fingerprint density at radius 3 is 3.16 bits per heavy atom. The predicted molar refractivity (Wildman–Crippen MR) is 77.7 cm³/mol. The van der Waals surface area contributed by atoms with E-state index in [1.807, 2.05) is 12.4 Å². The first-order valence-corrected chi connectivity index (χ1v) is 7.35. The Bertz CT molecular complexity index is 477. The van der Waals surface area contributed by atoms with E-state index in [4.69, 9.17) is 0 Å². The van der Waals surface area contributed by atoms with E-state index in [0.29, 0.717) is 5.92 Å². The molecule has 4 aliphatic rings. The van der Waals surface area contributed by atoms with Crippen LogP contribution in [0.1, 0.15) is 12.8 Å². The summed E-state index contributed by atoms with van der Waals surface area (Å²) in [5.74, 6) is 1.58. The molecular formula is C15H20N4. The monoisotopic (exact) mass is 256 g/mol. The Morgan fingerprint density at radius 1 is 1.16 bits per heavy atom. The molecule has 0 aromatic carbocycles. The minimum absolute atomic E-state index is 0.263. The maximum Gasteiger partial charge on any atom is 0.114 e. The lowest BCUT2D eigenvalue weighted by atomic mass is 9.93. The zero-order valence-corrected chi connectivity index (χ0v) is 11.2. The molecule has 2 saturated heterocycles. The van der Waals surface area contributed by atoms with Crippen LogP contribution in [0.3, 0.4) is 0 Å². The number of dihydropyridines is 1. The number of aliphatic imine (C=N–C) groups is 2. The van der Waals surface area contributed by atoms with Crippen molar-refractivity contribution in [2.45, 2.75) is 24.9 Å². The highest BCUT2D eigenvalue weighted by Crippen LogP contribution is 2.27. The molecule has 0 radical (unpaired) electrons. The Morgan fingerprint density at radius 2 is 2.16 bits per heavy atom.